The molecule has 0 bridgehead atoms. The second-order valence-electron chi connectivity index (χ2n) is 6.37. The SMILES string of the molecule is C/C(=C\c1cc(F)ccc1N=[N+]=[N-])C1CCCN1S(=O)(=O)c1ccccc1. The number of nitrogens with zero attached hydrogens (tertiary/aromatic N) is 4. The van der Waals surface area contributed by atoms with E-state index in [1.54, 1.807) is 36.4 Å². The smallest absolute Gasteiger partial charge is 0.207 e. The fraction of sp³-hybridized carbons (Fsp3) is 0.263. The molecule has 1 saturated heterocycles. The molecule has 6 nitrogen and oxygen atoms in total. The molecule has 2 aromatic rings. The normalized spacial score (nSPS) is 18.3. The molecule has 1 aliphatic rings. The third kappa shape index (κ3) is 4.03. The number of benzene rings is 2. The summed E-state index contributed by atoms with van der Waals surface area (Å²) in [6.07, 6.45) is 3.12. The second-order valence-corrected chi connectivity index (χ2v) is 8.26. The Morgan fingerprint density at radius 1 is 1.30 bits per heavy atom. The Morgan fingerprint density at radius 2 is 2.04 bits per heavy atom. The van der Waals surface area contributed by atoms with Crippen LogP contribution in [0.4, 0.5) is 10.1 Å². The molecule has 27 heavy (non-hydrogen) atoms. The minimum atomic E-state index is -3.62. The van der Waals surface area contributed by atoms with Crippen molar-refractivity contribution in [2.45, 2.75) is 30.7 Å². The van der Waals surface area contributed by atoms with E-state index in [1.807, 2.05) is 6.92 Å². The molecule has 0 saturated carbocycles. The van der Waals surface area contributed by atoms with E-state index >= 15 is 0 Å². The molecule has 0 radical (unpaired) electrons. The second kappa shape index (κ2) is 7.92. The summed E-state index contributed by atoms with van der Waals surface area (Å²) >= 11 is 0. The molecule has 1 fully saturated rings. The average Bonchev–Trinajstić information content (AvgIpc) is 3.16. The number of hydrogen-bond donors (Lipinski definition) is 0. The van der Waals surface area contributed by atoms with Gasteiger partial charge in [-0.1, -0.05) is 35.0 Å². The van der Waals surface area contributed by atoms with Crippen LogP contribution in [0.25, 0.3) is 16.5 Å². The highest BCUT2D eigenvalue weighted by Crippen LogP contribution is 2.32. The standard InChI is InChI=1S/C19H19FN4O2S/c1-14(12-15-13-16(20)9-10-18(15)22-23-21)19-8-5-11-24(19)27(25,26)17-6-3-2-4-7-17/h2-4,6-7,9-10,12-13,19H,5,8,11H2,1H3/b14-12+. The molecule has 1 heterocycles. The summed E-state index contributed by atoms with van der Waals surface area (Å²) in [5.41, 5.74) is 10.2. The lowest BCUT2D eigenvalue weighted by Gasteiger charge is -2.25. The van der Waals surface area contributed by atoms with Crippen molar-refractivity contribution in [2.75, 3.05) is 6.54 Å². The first kappa shape index (κ1) is 19.1. The lowest BCUT2D eigenvalue weighted by Crippen LogP contribution is -2.36. The van der Waals surface area contributed by atoms with Crippen molar-refractivity contribution in [1.82, 2.24) is 4.31 Å². The fourth-order valence-corrected chi connectivity index (χ4v) is 5.08. The Morgan fingerprint density at radius 3 is 2.74 bits per heavy atom. The Labute approximate surface area is 157 Å². The summed E-state index contributed by atoms with van der Waals surface area (Å²) in [4.78, 5) is 3.02. The molecule has 0 amide bonds. The summed E-state index contributed by atoms with van der Waals surface area (Å²) in [6.45, 7) is 2.24. The third-order valence-corrected chi connectivity index (χ3v) is 6.53. The van der Waals surface area contributed by atoms with Crippen molar-refractivity contribution < 1.29 is 12.8 Å². The number of azide groups is 1. The maximum Gasteiger partial charge on any atom is 0.243 e. The molecule has 1 unspecified atom stereocenters. The van der Waals surface area contributed by atoms with E-state index in [4.69, 9.17) is 5.53 Å². The van der Waals surface area contributed by atoms with E-state index in [9.17, 15) is 12.8 Å². The highest BCUT2D eigenvalue weighted by Gasteiger charge is 2.35. The van der Waals surface area contributed by atoms with E-state index in [2.05, 4.69) is 10.0 Å². The summed E-state index contributed by atoms with van der Waals surface area (Å²) < 4.78 is 41.1. The summed E-state index contributed by atoms with van der Waals surface area (Å²) in [5, 5.41) is 3.58. The molecular formula is C19H19FN4O2S. The van der Waals surface area contributed by atoms with E-state index in [1.165, 1.54) is 22.5 Å². The number of hydrogen-bond acceptors (Lipinski definition) is 3. The van der Waals surface area contributed by atoms with Crippen LogP contribution in [0.2, 0.25) is 0 Å². The quantitative estimate of drug-likeness (QED) is 0.410. The number of halogens is 1. The van der Waals surface area contributed by atoms with Crippen LogP contribution in [0.3, 0.4) is 0 Å². The van der Waals surface area contributed by atoms with Crippen LogP contribution < -0.4 is 0 Å². The van der Waals surface area contributed by atoms with E-state index in [-0.39, 0.29) is 10.9 Å². The highest BCUT2D eigenvalue weighted by atomic mass is 32.2. The Balaban J connectivity index is 1.97. The summed E-state index contributed by atoms with van der Waals surface area (Å²) in [6, 6.07) is 11.9. The van der Waals surface area contributed by atoms with Crippen molar-refractivity contribution in [1.29, 1.82) is 0 Å². The van der Waals surface area contributed by atoms with Gasteiger partial charge in [0.1, 0.15) is 5.82 Å². The first-order valence-electron chi connectivity index (χ1n) is 8.53. The molecule has 1 aliphatic heterocycles. The minimum Gasteiger partial charge on any atom is -0.207 e. The first-order chi connectivity index (χ1) is 12.9. The number of sulfonamides is 1. The molecule has 3 rings (SSSR count). The minimum absolute atomic E-state index is 0.255. The van der Waals surface area contributed by atoms with Crippen LogP contribution in [0.5, 0.6) is 0 Å². The highest BCUT2D eigenvalue weighted by molar-refractivity contribution is 7.89. The molecule has 0 aliphatic carbocycles. The average molecular weight is 386 g/mol. The summed E-state index contributed by atoms with van der Waals surface area (Å²) in [7, 11) is -3.62. The van der Waals surface area contributed by atoms with Gasteiger partial charge in [-0.05, 0) is 61.2 Å². The van der Waals surface area contributed by atoms with Gasteiger partial charge in [0.25, 0.3) is 0 Å². The Hall–Kier alpha value is -2.67. The van der Waals surface area contributed by atoms with Gasteiger partial charge in [0.05, 0.1) is 4.90 Å². The molecular weight excluding hydrogens is 367 g/mol. The van der Waals surface area contributed by atoms with Gasteiger partial charge < -0.3 is 0 Å². The van der Waals surface area contributed by atoms with E-state index < -0.39 is 15.8 Å². The summed E-state index contributed by atoms with van der Waals surface area (Å²) in [5.74, 6) is -0.453. The lowest BCUT2D eigenvalue weighted by atomic mass is 10.0. The molecule has 8 heteroatoms. The van der Waals surface area contributed by atoms with Crippen LogP contribution >= 0.6 is 0 Å². The number of rotatable bonds is 5. The predicted octanol–water partition coefficient (Wildman–Crippen LogP) is 5.02. The fourth-order valence-electron chi connectivity index (χ4n) is 3.33. The van der Waals surface area contributed by atoms with Gasteiger partial charge in [-0.25, -0.2) is 12.8 Å². The maximum absolute atomic E-state index is 13.6. The first-order valence-corrected chi connectivity index (χ1v) is 9.97. The zero-order valence-electron chi connectivity index (χ0n) is 14.8. The molecule has 0 aromatic heterocycles. The molecule has 2 aromatic carbocycles. The van der Waals surface area contributed by atoms with Crippen LogP contribution in [0.15, 0.2) is 64.1 Å². The van der Waals surface area contributed by atoms with Crippen LogP contribution in [-0.4, -0.2) is 25.3 Å². The van der Waals surface area contributed by atoms with Crippen molar-refractivity contribution in [3.05, 3.63) is 75.9 Å². The third-order valence-electron chi connectivity index (χ3n) is 4.60. The Kier molecular flexibility index (Phi) is 5.60. The van der Waals surface area contributed by atoms with Gasteiger partial charge in [0.2, 0.25) is 10.0 Å². The van der Waals surface area contributed by atoms with E-state index in [0.29, 0.717) is 24.2 Å². The molecule has 0 N–H and O–H groups in total. The molecule has 1 atom stereocenters. The van der Waals surface area contributed by atoms with Crippen LogP contribution in [0, 0.1) is 5.82 Å². The van der Waals surface area contributed by atoms with Crippen molar-refractivity contribution in [3.63, 3.8) is 0 Å². The van der Waals surface area contributed by atoms with Crippen LogP contribution in [-0.2, 0) is 10.0 Å². The predicted molar refractivity (Wildman–Crippen MR) is 102 cm³/mol. The van der Waals surface area contributed by atoms with Gasteiger partial charge in [-0.3, -0.25) is 0 Å². The van der Waals surface area contributed by atoms with Gasteiger partial charge >= 0.3 is 0 Å². The van der Waals surface area contributed by atoms with Gasteiger partial charge in [0.15, 0.2) is 0 Å². The molecule has 0 spiro atoms. The van der Waals surface area contributed by atoms with Gasteiger partial charge in [-0.2, -0.15) is 4.31 Å². The maximum atomic E-state index is 13.6. The van der Waals surface area contributed by atoms with Crippen molar-refractivity contribution in [2.24, 2.45) is 5.11 Å². The lowest BCUT2D eigenvalue weighted by molar-refractivity contribution is 0.422. The van der Waals surface area contributed by atoms with E-state index in [0.717, 1.165) is 12.0 Å². The van der Waals surface area contributed by atoms with Crippen molar-refractivity contribution in [3.8, 4) is 0 Å². The van der Waals surface area contributed by atoms with Crippen LogP contribution in [0.1, 0.15) is 25.3 Å². The van der Waals surface area contributed by atoms with Gasteiger partial charge in [0, 0.05) is 23.2 Å². The monoisotopic (exact) mass is 386 g/mol. The Bertz CT molecular complexity index is 1020. The topological polar surface area (TPSA) is 86.1 Å². The van der Waals surface area contributed by atoms with Gasteiger partial charge in [-0.15, -0.1) is 0 Å². The largest absolute Gasteiger partial charge is 0.243 e. The van der Waals surface area contributed by atoms with Crippen molar-refractivity contribution >= 4 is 21.8 Å². The zero-order chi connectivity index (χ0) is 19.4. The zero-order valence-corrected chi connectivity index (χ0v) is 15.6. The molecule has 140 valence electrons.